The molecule has 0 fully saturated rings. The zero-order valence-corrected chi connectivity index (χ0v) is 10.6. The number of rotatable bonds is 4. The molecule has 2 aromatic carbocycles. The van der Waals surface area contributed by atoms with Gasteiger partial charge in [0, 0.05) is 17.0 Å². The third kappa shape index (κ3) is 3.05. The number of carbonyl (C=O) groups excluding carboxylic acids is 1. The van der Waals surface area contributed by atoms with Gasteiger partial charge in [-0.15, -0.1) is 0 Å². The number of Topliss-reactive ketones (excluding diaryl/α,β-unsaturated/α-hetero) is 1. The molecule has 0 saturated heterocycles. The Morgan fingerprint density at radius 2 is 1.58 bits per heavy atom. The van der Waals surface area contributed by atoms with E-state index in [2.05, 4.69) is 0 Å². The predicted molar refractivity (Wildman–Crippen MR) is 70.0 cm³/mol. The van der Waals surface area contributed by atoms with E-state index in [1.165, 1.54) is 18.2 Å². The Morgan fingerprint density at radius 3 is 2.16 bits per heavy atom. The lowest BCUT2D eigenvalue weighted by molar-refractivity contribution is 0.0928. The normalized spacial score (nSPS) is 12.2. The van der Waals surface area contributed by atoms with Crippen molar-refractivity contribution >= 4 is 5.78 Å². The molecule has 0 aliphatic carbocycles. The number of halogens is 2. The molecule has 1 unspecified atom stereocenters. The van der Waals surface area contributed by atoms with Crippen LogP contribution in [0.4, 0.5) is 8.78 Å². The summed E-state index contributed by atoms with van der Waals surface area (Å²) in [6.45, 7) is 1.68. The molecule has 0 spiro atoms. The van der Waals surface area contributed by atoms with Crippen molar-refractivity contribution in [2.24, 2.45) is 5.92 Å². The summed E-state index contributed by atoms with van der Waals surface area (Å²) in [5.74, 6) is -1.78. The molecule has 0 aromatic heterocycles. The Bertz CT molecular complexity index is 558. The molecular weight excluding hydrogens is 246 g/mol. The molecular formula is C16H14F2O. The van der Waals surface area contributed by atoms with E-state index in [-0.39, 0.29) is 17.8 Å². The summed E-state index contributed by atoms with van der Waals surface area (Å²) < 4.78 is 27.1. The van der Waals surface area contributed by atoms with Crippen LogP contribution in [0.15, 0.2) is 48.5 Å². The Morgan fingerprint density at radius 1 is 1.00 bits per heavy atom. The van der Waals surface area contributed by atoms with Crippen LogP contribution in [0, 0.1) is 17.6 Å². The van der Waals surface area contributed by atoms with Gasteiger partial charge < -0.3 is 0 Å². The first-order chi connectivity index (χ1) is 9.09. The van der Waals surface area contributed by atoms with Crippen molar-refractivity contribution in [3.05, 3.63) is 71.3 Å². The first-order valence-electron chi connectivity index (χ1n) is 6.11. The molecule has 0 amide bonds. The summed E-state index contributed by atoms with van der Waals surface area (Å²) in [4.78, 5) is 12.1. The minimum absolute atomic E-state index is 0.0284. The molecule has 0 aliphatic rings. The highest BCUT2D eigenvalue weighted by atomic mass is 19.1. The van der Waals surface area contributed by atoms with Gasteiger partial charge in [0.15, 0.2) is 5.78 Å². The van der Waals surface area contributed by atoms with Crippen LogP contribution in [-0.2, 0) is 6.42 Å². The zero-order chi connectivity index (χ0) is 13.8. The van der Waals surface area contributed by atoms with Crippen LogP contribution in [-0.4, -0.2) is 5.78 Å². The second-order valence-electron chi connectivity index (χ2n) is 4.54. The van der Waals surface area contributed by atoms with Gasteiger partial charge in [-0.05, 0) is 18.6 Å². The average Bonchev–Trinajstić information content (AvgIpc) is 2.43. The number of hydrogen-bond acceptors (Lipinski definition) is 1. The van der Waals surface area contributed by atoms with Crippen LogP contribution < -0.4 is 0 Å². The third-order valence-electron chi connectivity index (χ3n) is 3.08. The smallest absolute Gasteiger partial charge is 0.165 e. The van der Waals surface area contributed by atoms with E-state index in [1.807, 2.05) is 6.07 Å². The van der Waals surface area contributed by atoms with E-state index in [1.54, 1.807) is 31.2 Å². The topological polar surface area (TPSA) is 17.1 Å². The van der Waals surface area contributed by atoms with Gasteiger partial charge in [-0.3, -0.25) is 4.79 Å². The summed E-state index contributed by atoms with van der Waals surface area (Å²) in [6, 6.07) is 12.5. The van der Waals surface area contributed by atoms with Crippen molar-refractivity contribution < 1.29 is 13.6 Å². The zero-order valence-electron chi connectivity index (χ0n) is 10.6. The second kappa shape index (κ2) is 5.74. The largest absolute Gasteiger partial charge is 0.294 e. The van der Waals surface area contributed by atoms with E-state index >= 15 is 0 Å². The minimum atomic E-state index is -0.604. The van der Waals surface area contributed by atoms with Crippen molar-refractivity contribution in [3.63, 3.8) is 0 Å². The van der Waals surface area contributed by atoms with Crippen LogP contribution in [0.5, 0.6) is 0 Å². The van der Waals surface area contributed by atoms with Gasteiger partial charge in [0.05, 0.1) is 0 Å². The van der Waals surface area contributed by atoms with Crippen molar-refractivity contribution in [2.45, 2.75) is 13.3 Å². The maximum absolute atomic E-state index is 13.5. The molecule has 2 aromatic rings. The van der Waals surface area contributed by atoms with Gasteiger partial charge in [0.1, 0.15) is 11.6 Å². The Hall–Kier alpha value is -2.03. The van der Waals surface area contributed by atoms with Gasteiger partial charge in [0.25, 0.3) is 0 Å². The summed E-state index contributed by atoms with van der Waals surface area (Å²) in [6.07, 6.45) is 0.0617. The van der Waals surface area contributed by atoms with E-state index in [9.17, 15) is 13.6 Å². The third-order valence-corrected chi connectivity index (χ3v) is 3.08. The lowest BCUT2D eigenvalue weighted by Crippen LogP contribution is -2.15. The average molecular weight is 260 g/mol. The Kier molecular flexibility index (Phi) is 4.05. The van der Waals surface area contributed by atoms with E-state index in [4.69, 9.17) is 0 Å². The summed E-state index contributed by atoms with van der Waals surface area (Å²) in [5, 5.41) is 0. The first kappa shape index (κ1) is 13.4. The van der Waals surface area contributed by atoms with Crippen LogP contribution in [0.1, 0.15) is 22.8 Å². The van der Waals surface area contributed by atoms with Gasteiger partial charge in [-0.25, -0.2) is 8.78 Å². The quantitative estimate of drug-likeness (QED) is 0.759. The van der Waals surface area contributed by atoms with Crippen LogP contribution >= 0.6 is 0 Å². The number of carbonyl (C=O) groups is 1. The summed E-state index contributed by atoms with van der Waals surface area (Å²) >= 11 is 0. The molecule has 0 radical (unpaired) electrons. The highest BCUT2D eigenvalue weighted by Crippen LogP contribution is 2.19. The molecule has 1 atom stereocenters. The fourth-order valence-corrected chi connectivity index (χ4v) is 2.01. The maximum atomic E-state index is 13.5. The first-order valence-corrected chi connectivity index (χ1v) is 6.11. The molecule has 2 rings (SSSR count). The number of hydrogen-bond donors (Lipinski definition) is 0. The van der Waals surface area contributed by atoms with E-state index in [0.717, 1.165) is 0 Å². The standard InChI is InChI=1S/C16H14F2O/c1-11(16(19)12-6-3-2-4-7-12)10-13-14(17)8-5-9-15(13)18/h2-9,11H,10H2,1H3. The molecule has 0 N–H and O–H groups in total. The van der Waals surface area contributed by atoms with Gasteiger partial charge in [-0.1, -0.05) is 43.3 Å². The molecule has 98 valence electrons. The molecule has 19 heavy (non-hydrogen) atoms. The summed E-state index contributed by atoms with van der Waals surface area (Å²) in [7, 11) is 0. The van der Waals surface area contributed by atoms with Crippen molar-refractivity contribution in [3.8, 4) is 0 Å². The number of benzene rings is 2. The summed E-state index contributed by atoms with van der Waals surface area (Å²) in [5.41, 5.74) is 0.533. The lowest BCUT2D eigenvalue weighted by atomic mass is 9.92. The predicted octanol–water partition coefficient (Wildman–Crippen LogP) is 4.03. The van der Waals surface area contributed by atoms with E-state index < -0.39 is 17.6 Å². The van der Waals surface area contributed by atoms with Crippen LogP contribution in [0.25, 0.3) is 0 Å². The van der Waals surface area contributed by atoms with Gasteiger partial charge in [-0.2, -0.15) is 0 Å². The molecule has 1 nitrogen and oxygen atoms in total. The van der Waals surface area contributed by atoms with Crippen molar-refractivity contribution in [2.75, 3.05) is 0 Å². The minimum Gasteiger partial charge on any atom is -0.294 e. The molecule has 3 heteroatoms. The van der Waals surface area contributed by atoms with Crippen LogP contribution in [0.3, 0.4) is 0 Å². The highest BCUT2D eigenvalue weighted by molar-refractivity contribution is 5.97. The maximum Gasteiger partial charge on any atom is 0.165 e. The highest BCUT2D eigenvalue weighted by Gasteiger charge is 2.19. The van der Waals surface area contributed by atoms with Gasteiger partial charge >= 0.3 is 0 Å². The monoisotopic (exact) mass is 260 g/mol. The van der Waals surface area contributed by atoms with Gasteiger partial charge in [0.2, 0.25) is 0 Å². The fraction of sp³-hybridized carbons (Fsp3) is 0.188. The molecule has 0 saturated carbocycles. The Labute approximate surface area is 110 Å². The molecule has 0 aliphatic heterocycles. The second-order valence-corrected chi connectivity index (χ2v) is 4.54. The SMILES string of the molecule is CC(Cc1c(F)cccc1F)C(=O)c1ccccc1. The van der Waals surface area contributed by atoms with Crippen molar-refractivity contribution in [1.82, 2.24) is 0 Å². The number of ketones is 1. The Balaban J connectivity index is 2.18. The van der Waals surface area contributed by atoms with Crippen LogP contribution in [0.2, 0.25) is 0 Å². The lowest BCUT2D eigenvalue weighted by Gasteiger charge is -2.12. The van der Waals surface area contributed by atoms with Crippen molar-refractivity contribution in [1.29, 1.82) is 0 Å². The molecule has 0 heterocycles. The van der Waals surface area contributed by atoms with E-state index in [0.29, 0.717) is 5.56 Å². The fourth-order valence-electron chi connectivity index (χ4n) is 2.01. The molecule has 0 bridgehead atoms.